The van der Waals surface area contributed by atoms with Crippen LogP contribution < -0.4 is 5.32 Å². The summed E-state index contributed by atoms with van der Waals surface area (Å²) in [6, 6.07) is 0. The summed E-state index contributed by atoms with van der Waals surface area (Å²) in [4.78, 5) is 7.43. The van der Waals surface area contributed by atoms with Gasteiger partial charge in [0.05, 0.1) is 5.69 Å². The number of nitrogens with one attached hydrogen (secondary N) is 2. The van der Waals surface area contributed by atoms with E-state index in [9.17, 15) is 0 Å². The molecule has 0 aliphatic heterocycles. The molecule has 0 radical (unpaired) electrons. The fraction of sp³-hybridized carbons (Fsp3) is 0.444. The van der Waals surface area contributed by atoms with E-state index in [4.69, 9.17) is 0 Å². The molecule has 0 aromatic carbocycles. The molecule has 0 atom stereocenters. The van der Waals surface area contributed by atoms with Crippen molar-refractivity contribution in [3.63, 3.8) is 0 Å². The largest absolute Gasteiger partial charge is 0.371 e. The van der Waals surface area contributed by atoms with Crippen LogP contribution in [0.25, 0.3) is 6.08 Å². The SMILES string of the molecule is CC/C=C\c1[nH]c(C)nc1NC. The molecule has 2 N–H and O–H groups in total. The number of hydrogen-bond acceptors (Lipinski definition) is 2. The van der Waals surface area contributed by atoms with Crippen molar-refractivity contribution in [1.82, 2.24) is 9.97 Å². The molecule has 0 saturated heterocycles. The highest BCUT2D eigenvalue weighted by Crippen LogP contribution is 2.12. The van der Waals surface area contributed by atoms with Gasteiger partial charge in [0.1, 0.15) is 5.82 Å². The second-order valence-electron chi connectivity index (χ2n) is 2.65. The highest BCUT2D eigenvalue weighted by Gasteiger charge is 2.01. The van der Waals surface area contributed by atoms with Gasteiger partial charge in [0.2, 0.25) is 0 Å². The predicted octanol–water partition coefficient (Wildman–Crippen LogP) is 2.18. The molecule has 0 aliphatic carbocycles. The van der Waals surface area contributed by atoms with Crippen LogP contribution in [0.1, 0.15) is 24.9 Å². The maximum Gasteiger partial charge on any atom is 0.151 e. The zero-order valence-corrected chi connectivity index (χ0v) is 7.81. The van der Waals surface area contributed by atoms with Gasteiger partial charge in [0, 0.05) is 7.05 Å². The Hall–Kier alpha value is -1.25. The predicted molar refractivity (Wildman–Crippen MR) is 52.2 cm³/mol. The first-order valence-corrected chi connectivity index (χ1v) is 4.18. The molecule has 0 spiro atoms. The first-order chi connectivity index (χ1) is 5.77. The normalized spacial score (nSPS) is 10.9. The van der Waals surface area contributed by atoms with E-state index < -0.39 is 0 Å². The van der Waals surface area contributed by atoms with Crippen LogP contribution in [0.5, 0.6) is 0 Å². The maximum absolute atomic E-state index is 4.26. The summed E-state index contributed by atoms with van der Waals surface area (Å²) < 4.78 is 0. The molecule has 0 fully saturated rings. The van der Waals surface area contributed by atoms with Crippen molar-refractivity contribution in [2.24, 2.45) is 0 Å². The molecule has 0 aliphatic rings. The zero-order valence-electron chi connectivity index (χ0n) is 7.81. The average molecular weight is 165 g/mol. The summed E-state index contributed by atoms with van der Waals surface area (Å²) in [6.45, 7) is 4.06. The molecular formula is C9H15N3. The minimum absolute atomic E-state index is 0.914. The van der Waals surface area contributed by atoms with Crippen molar-refractivity contribution in [2.75, 3.05) is 12.4 Å². The van der Waals surface area contributed by atoms with Gasteiger partial charge < -0.3 is 10.3 Å². The summed E-state index contributed by atoms with van der Waals surface area (Å²) >= 11 is 0. The van der Waals surface area contributed by atoms with Crippen molar-refractivity contribution >= 4 is 11.9 Å². The van der Waals surface area contributed by atoms with Gasteiger partial charge in [-0.3, -0.25) is 0 Å². The lowest BCUT2D eigenvalue weighted by molar-refractivity contribution is 1.14. The summed E-state index contributed by atoms with van der Waals surface area (Å²) in [7, 11) is 1.87. The molecule has 0 unspecified atom stereocenters. The summed E-state index contributed by atoms with van der Waals surface area (Å²) in [6.07, 6.45) is 5.20. The van der Waals surface area contributed by atoms with Crippen LogP contribution >= 0.6 is 0 Å². The van der Waals surface area contributed by atoms with Crippen LogP contribution in [0.15, 0.2) is 6.08 Å². The van der Waals surface area contributed by atoms with E-state index >= 15 is 0 Å². The third-order valence-corrected chi connectivity index (χ3v) is 1.61. The van der Waals surface area contributed by atoms with Gasteiger partial charge in [-0.1, -0.05) is 13.0 Å². The van der Waals surface area contributed by atoms with Gasteiger partial charge >= 0.3 is 0 Å². The first kappa shape index (κ1) is 8.84. The Kier molecular flexibility index (Phi) is 2.91. The number of imidazole rings is 1. The monoisotopic (exact) mass is 165 g/mol. The minimum Gasteiger partial charge on any atom is -0.371 e. The summed E-state index contributed by atoms with van der Waals surface area (Å²) in [5.41, 5.74) is 1.05. The van der Waals surface area contributed by atoms with Crippen LogP contribution in [0, 0.1) is 6.92 Å². The van der Waals surface area contributed by atoms with Gasteiger partial charge in [-0.15, -0.1) is 0 Å². The Labute approximate surface area is 72.9 Å². The molecular weight excluding hydrogens is 150 g/mol. The minimum atomic E-state index is 0.914. The number of anilines is 1. The van der Waals surface area contributed by atoms with Gasteiger partial charge in [-0.2, -0.15) is 0 Å². The summed E-state index contributed by atoms with van der Waals surface area (Å²) in [5, 5.41) is 3.03. The molecule has 3 heteroatoms. The molecule has 1 aromatic heterocycles. The number of aromatic amines is 1. The zero-order chi connectivity index (χ0) is 8.97. The number of aromatic nitrogens is 2. The molecule has 0 amide bonds. The van der Waals surface area contributed by atoms with Crippen LogP contribution in [0.4, 0.5) is 5.82 Å². The van der Waals surface area contributed by atoms with Crippen molar-refractivity contribution in [3.05, 3.63) is 17.6 Å². The quantitative estimate of drug-likeness (QED) is 0.720. The Bertz CT molecular complexity index is 273. The van der Waals surface area contributed by atoms with Crippen LogP contribution in [0.3, 0.4) is 0 Å². The van der Waals surface area contributed by atoms with E-state index in [2.05, 4.69) is 28.3 Å². The second kappa shape index (κ2) is 3.95. The lowest BCUT2D eigenvalue weighted by Gasteiger charge is -1.93. The Morgan fingerprint density at radius 2 is 2.33 bits per heavy atom. The topological polar surface area (TPSA) is 40.7 Å². The molecule has 1 heterocycles. The van der Waals surface area contributed by atoms with Crippen LogP contribution in [0.2, 0.25) is 0 Å². The van der Waals surface area contributed by atoms with Gasteiger partial charge in [0.15, 0.2) is 5.82 Å². The molecule has 3 nitrogen and oxygen atoms in total. The average Bonchev–Trinajstić information content (AvgIpc) is 2.42. The lowest BCUT2D eigenvalue weighted by Crippen LogP contribution is -1.89. The molecule has 1 aromatic rings. The fourth-order valence-corrected chi connectivity index (χ4v) is 1.06. The highest BCUT2D eigenvalue weighted by atomic mass is 15.1. The number of H-pyrrole nitrogens is 1. The van der Waals surface area contributed by atoms with E-state index in [1.807, 2.05) is 20.0 Å². The van der Waals surface area contributed by atoms with Gasteiger partial charge in [0.25, 0.3) is 0 Å². The third kappa shape index (κ3) is 1.87. The van der Waals surface area contributed by atoms with Crippen molar-refractivity contribution in [3.8, 4) is 0 Å². The molecule has 66 valence electrons. The molecule has 12 heavy (non-hydrogen) atoms. The van der Waals surface area contributed by atoms with E-state index in [0.717, 1.165) is 23.8 Å². The number of hydrogen-bond donors (Lipinski definition) is 2. The van der Waals surface area contributed by atoms with Crippen LogP contribution in [-0.4, -0.2) is 17.0 Å². The maximum atomic E-state index is 4.26. The Morgan fingerprint density at radius 3 is 2.92 bits per heavy atom. The molecule has 1 rings (SSSR count). The van der Waals surface area contributed by atoms with Crippen molar-refractivity contribution < 1.29 is 0 Å². The highest BCUT2D eigenvalue weighted by molar-refractivity contribution is 5.59. The number of allylic oxidation sites excluding steroid dienone is 1. The van der Waals surface area contributed by atoms with Crippen molar-refractivity contribution in [2.45, 2.75) is 20.3 Å². The summed E-state index contributed by atoms with van der Waals surface area (Å²) in [5.74, 6) is 1.85. The Balaban J connectivity index is 2.89. The van der Waals surface area contributed by atoms with E-state index in [1.54, 1.807) is 0 Å². The van der Waals surface area contributed by atoms with Gasteiger partial charge in [-0.25, -0.2) is 4.98 Å². The Morgan fingerprint density at radius 1 is 1.58 bits per heavy atom. The fourth-order valence-electron chi connectivity index (χ4n) is 1.06. The molecule has 0 bridgehead atoms. The van der Waals surface area contributed by atoms with Crippen molar-refractivity contribution in [1.29, 1.82) is 0 Å². The first-order valence-electron chi connectivity index (χ1n) is 4.18. The number of aryl methyl sites for hydroxylation is 1. The van der Waals surface area contributed by atoms with E-state index in [1.165, 1.54) is 0 Å². The van der Waals surface area contributed by atoms with Crippen LogP contribution in [-0.2, 0) is 0 Å². The number of nitrogens with zero attached hydrogens (tertiary/aromatic N) is 1. The number of rotatable bonds is 3. The third-order valence-electron chi connectivity index (χ3n) is 1.61. The van der Waals surface area contributed by atoms with E-state index in [-0.39, 0.29) is 0 Å². The standard InChI is InChI=1S/C9H15N3/c1-4-5-6-8-9(10-3)12-7(2)11-8/h5-6,10H,4H2,1-3H3,(H,11,12)/b6-5-. The second-order valence-corrected chi connectivity index (χ2v) is 2.65. The molecule has 0 saturated carbocycles. The van der Waals surface area contributed by atoms with Gasteiger partial charge in [-0.05, 0) is 19.4 Å². The lowest BCUT2D eigenvalue weighted by atomic mass is 10.3. The van der Waals surface area contributed by atoms with E-state index in [0.29, 0.717) is 0 Å². The smallest absolute Gasteiger partial charge is 0.151 e.